The number of hydrogen-bond acceptors (Lipinski definition) is 2. The largest absolute Gasteiger partial charge is 0.345 e. The van der Waals surface area contributed by atoms with E-state index in [0.717, 1.165) is 35.9 Å². The monoisotopic (exact) mass is 311 g/mol. The van der Waals surface area contributed by atoms with Crippen LogP contribution in [0.2, 0.25) is 0 Å². The average molecular weight is 311 g/mol. The van der Waals surface area contributed by atoms with Crippen molar-refractivity contribution >= 4 is 5.91 Å². The van der Waals surface area contributed by atoms with Gasteiger partial charge in [0.1, 0.15) is 5.82 Å². The molecule has 1 aromatic heterocycles. The Balaban J connectivity index is 1.81. The molecule has 0 aliphatic carbocycles. The van der Waals surface area contributed by atoms with E-state index in [4.69, 9.17) is 4.98 Å². The fourth-order valence-electron chi connectivity index (χ4n) is 3.24. The van der Waals surface area contributed by atoms with Gasteiger partial charge in [-0.2, -0.15) is 0 Å². The molecule has 0 saturated carbocycles. The predicted molar refractivity (Wildman–Crippen MR) is 92.3 cm³/mol. The highest BCUT2D eigenvalue weighted by molar-refractivity contribution is 5.79. The third-order valence-corrected chi connectivity index (χ3v) is 4.41. The number of rotatable bonds is 4. The molecule has 1 aliphatic heterocycles. The Morgan fingerprint density at radius 3 is 2.61 bits per heavy atom. The van der Waals surface area contributed by atoms with Gasteiger partial charge in [0.15, 0.2) is 0 Å². The summed E-state index contributed by atoms with van der Waals surface area (Å²) in [6.07, 6.45) is 0.563. The van der Waals surface area contributed by atoms with Crippen LogP contribution < -0.4 is 0 Å². The summed E-state index contributed by atoms with van der Waals surface area (Å²) in [7, 11) is 0. The van der Waals surface area contributed by atoms with Gasteiger partial charge in [0.05, 0.1) is 5.69 Å². The van der Waals surface area contributed by atoms with Gasteiger partial charge in [-0.15, -0.1) is 0 Å². The fourth-order valence-corrected chi connectivity index (χ4v) is 3.24. The van der Waals surface area contributed by atoms with Crippen LogP contribution in [0.1, 0.15) is 43.3 Å². The highest BCUT2D eigenvalue weighted by atomic mass is 16.2. The molecular weight excluding hydrogens is 286 g/mol. The first-order valence-corrected chi connectivity index (χ1v) is 8.35. The van der Waals surface area contributed by atoms with Crippen molar-refractivity contribution in [3.05, 3.63) is 41.3 Å². The zero-order chi connectivity index (χ0) is 16.6. The minimum absolute atomic E-state index is 0.180. The third-order valence-electron chi connectivity index (χ3n) is 4.41. The number of carbonyl (C=O) groups is 1. The minimum Gasteiger partial charge on any atom is -0.345 e. The van der Waals surface area contributed by atoms with Crippen LogP contribution in [-0.2, 0) is 4.79 Å². The number of imidazole rings is 1. The summed E-state index contributed by atoms with van der Waals surface area (Å²) in [4.78, 5) is 22.4. The van der Waals surface area contributed by atoms with Crippen molar-refractivity contribution in [2.24, 2.45) is 5.92 Å². The number of hydrogen-bond donors (Lipinski definition) is 1. The van der Waals surface area contributed by atoms with Crippen LogP contribution in [0.4, 0.5) is 0 Å². The second-order valence-electron chi connectivity index (χ2n) is 7.06. The summed E-state index contributed by atoms with van der Waals surface area (Å²) in [6, 6.07) is 8.42. The molecule has 1 fully saturated rings. The molecule has 1 N–H and O–H groups in total. The lowest BCUT2D eigenvalue weighted by Gasteiger charge is -2.18. The molecule has 4 nitrogen and oxygen atoms in total. The van der Waals surface area contributed by atoms with Gasteiger partial charge in [0.2, 0.25) is 5.91 Å². The topological polar surface area (TPSA) is 49.0 Å². The Hall–Kier alpha value is -2.10. The number of nitrogens with one attached hydrogen (secondary N) is 1. The molecule has 1 saturated heterocycles. The van der Waals surface area contributed by atoms with E-state index in [-0.39, 0.29) is 11.8 Å². The number of aryl methyl sites for hydroxylation is 2. The number of benzene rings is 1. The standard InChI is InChI=1S/C19H25N3O/c1-12(2)10-22-11-16(9-17(22)23)19-20-14(4)18(21-19)15-7-5-13(3)6-8-15/h5-8,12,16H,9-11H2,1-4H3,(H,20,21). The Morgan fingerprint density at radius 2 is 1.96 bits per heavy atom. The molecule has 1 aliphatic rings. The number of H-pyrrole nitrogens is 1. The maximum atomic E-state index is 12.2. The van der Waals surface area contributed by atoms with Gasteiger partial charge in [-0.25, -0.2) is 4.98 Å². The number of likely N-dealkylation sites (tertiary alicyclic amines) is 1. The van der Waals surface area contributed by atoms with Crippen molar-refractivity contribution in [3.8, 4) is 11.3 Å². The molecule has 0 spiro atoms. The van der Waals surface area contributed by atoms with E-state index in [9.17, 15) is 4.79 Å². The van der Waals surface area contributed by atoms with Crippen LogP contribution in [0.3, 0.4) is 0 Å². The van der Waals surface area contributed by atoms with Gasteiger partial charge in [-0.3, -0.25) is 4.79 Å². The Bertz CT molecular complexity index is 700. The fraction of sp³-hybridized carbons (Fsp3) is 0.474. The molecule has 1 unspecified atom stereocenters. The van der Waals surface area contributed by atoms with Gasteiger partial charge >= 0.3 is 0 Å². The Kier molecular flexibility index (Phi) is 4.24. The van der Waals surface area contributed by atoms with Gasteiger partial charge in [0, 0.05) is 36.7 Å². The molecule has 122 valence electrons. The number of aromatic nitrogens is 2. The molecule has 1 amide bonds. The normalized spacial score (nSPS) is 18.2. The summed E-state index contributed by atoms with van der Waals surface area (Å²) in [5, 5.41) is 0. The number of aromatic amines is 1. The molecule has 23 heavy (non-hydrogen) atoms. The van der Waals surface area contributed by atoms with E-state index in [1.54, 1.807) is 0 Å². The predicted octanol–water partition coefficient (Wildman–Crippen LogP) is 3.67. The summed E-state index contributed by atoms with van der Waals surface area (Å²) >= 11 is 0. The quantitative estimate of drug-likeness (QED) is 0.936. The van der Waals surface area contributed by atoms with E-state index in [1.165, 1.54) is 5.56 Å². The van der Waals surface area contributed by atoms with Crippen LogP contribution in [0.5, 0.6) is 0 Å². The van der Waals surface area contributed by atoms with Gasteiger partial charge in [-0.05, 0) is 19.8 Å². The van der Waals surface area contributed by atoms with E-state index in [1.807, 2.05) is 11.8 Å². The van der Waals surface area contributed by atoms with Gasteiger partial charge in [0.25, 0.3) is 0 Å². The van der Waals surface area contributed by atoms with Crippen molar-refractivity contribution in [2.75, 3.05) is 13.1 Å². The van der Waals surface area contributed by atoms with E-state index >= 15 is 0 Å². The zero-order valence-electron chi connectivity index (χ0n) is 14.4. The van der Waals surface area contributed by atoms with Crippen LogP contribution >= 0.6 is 0 Å². The number of nitrogens with zero attached hydrogens (tertiary/aromatic N) is 2. The average Bonchev–Trinajstić information content (AvgIpc) is 3.03. The minimum atomic E-state index is 0.180. The molecule has 3 rings (SSSR count). The lowest BCUT2D eigenvalue weighted by Crippen LogP contribution is -2.29. The second-order valence-corrected chi connectivity index (χ2v) is 7.06. The van der Waals surface area contributed by atoms with Crippen LogP contribution in [0.15, 0.2) is 24.3 Å². The molecule has 4 heteroatoms. The Labute approximate surface area is 137 Å². The first-order chi connectivity index (χ1) is 10.9. The lowest BCUT2D eigenvalue weighted by atomic mass is 10.1. The molecular formula is C19H25N3O. The second kappa shape index (κ2) is 6.19. The van der Waals surface area contributed by atoms with Crippen molar-refractivity contribution in [1.82, 2.24) is 14.9 Å². The van der Waals surface area contributed by atoms with Crippen molar-refractivity contribution in [1.29, 1.82) is 0 Å². The summed E-state index contributed by atoms with van der Waals surface area (Å²) < 4.78 is 0. The van der Waals surface area contributed by atoms with E-state index < -0.39 is 0 Å². The van der Waals surface area contributed by atoms with Crippen molar-refractivity contribution in [3.63, 3.8) is 0 Å². The highest BCUT2D eigenvalue weighted by Gasteiger charge is 2.33. The maximum Gasteiger partial charge on any atom is 0.223 e. The molecule has 2 aromatic rings. The molecule has 1 atom stereocenters. The highest BCUT2D eigenvalue weighted by Crippen LogP contribution is 2.30. The van der Waals surface area contributed by atoms with Crippen molar-refractivity contribution < 1.29 is 4.79 Å². The molecule has 2 heterocycles. The summed E-state index contributed by atoms with van der Waals surface area (Å²) in [5.74, 6) is 1.87. The molecule has 1 aromatic carbocycles. The number of amides is 1. The van der Waals surface area contributed by atoms with E-state index in [0.29, 0.717) is 12.3 Å². The molecule has 0 bridgehead atoms. The number of carbonyl (C=O) groups excluding carboxylic acids is 1. The first kappa shape index (κ1) is 15.8. The van der Waals surface area contributed by atoms with Crippen LogP contribution in [0, 0.1) is 19.8 Å². The smallest absolute Gasteiger partial charge is 0.223 e. The summed E-state index contributed by atoms with van der Waals surface area (Å²) in [5.41, 5.74) is 4.43. The summed E-state index contributed by atoms with van der Waals surface area (Å²) in [6.45, 7) is 10.0. The van der Waals surface area contributed by atoms with Crippen LogP contribution in [0.25, 0.3) is 11.3 Å². The van der Waals surface area contributed by atoms with E-state index in [2.05, 4.69) is 50.0 Å². The van der Waals surface area contributed by atoms with Crippen molar-refractivity contribution in [2.45, 2.75) is 40.0 Å². The third kappa shape index (κ3) is 3.31. The lowest BCUT2D eigenvalue weighted by molar-refractivity contribution is -0.128. The maximum absolute atomic E-state index is 12.2. The SMILES string of the molecule is Cc1ccc(-c2nc(C3CC(=O)N(CC(C)C)C3)[nH]c2C)cc1. The Morgan fingerprint density at radius 1 is 1.26 bits per heavy atom. The van der Waals surface area contributed by atoms with Gasteiger partial charge < -0.3 is 9.88 Å². The molecule has 0 radical (unpaired) electrons. The zero-order valence-corrected chi connectivity index (χ0v) is 14.4. The van der Waals surface area contributed by atoms with Gasteiger partial charge in [-0.1, -0.05) is 43.7 Å². The van der Waals surface area contributed by atoms with Crippen LogP contribution in [-0.4, -0.2) is 33.9 Å². The first-order valence-electron chi connectivity index (χ1n) is 8.35.